The Morgan fingerprint density at radius 1 is 1.15 bits per heavy atom. The Bertz CT molecular complexity index is 1010. The van der Waals surface area contributed by atoms with Gasteiger partial charge in [0.15, 0.2) is 0 Å². The van der Waals surface area contributed by atoms with E-state index in [1.165, 1.54) is 23.6 Å². The summed E-state index contributed by atoms with van der Waals surface area (Å²) >= 11 is 1.17. The minimum Gasteiger partial charge on any atom is -0.351 e. The van der Waals surface area contributed by atoms with Crippen LogP contribution < -0.4 is 10.0 Å². The molecule has 0 spiro atoms. The molecular weight excluding hydrogens is 370 g/mol. The van der Waals surface area contributed by atoms with E-state index in [1.54, 1.807) is 12.1 Å². The Morgan fingerprint density at radius 3 is 2.77 bits per heavy atom. The number of fused-ring (bicyclic) bond motifs is 1. The van der Waals surface area contributed by atoms with Gasteiger partial charge in [-0.15, -0.1) is 11.3 Å². The standard InChI is InChI=1S/C18H21N3O3S2/c1-14(22)19-13-16-7-8-18(25-16)26(23,24)20-10-4-11-21-12-9-15-5-2-3-6-17(15)21/h2-3,5-9,12,20H,4,10-11,13H2,1H3,(H,19,22). The molecule has 8 heteroatoms. The van der Waals surface area contributed by atoms with Gasteiger partial charge in [0.2, 0.25) is 15.9 Å². The quantitative estimate of drug-likeness (QED) is 0.580. The van der Waals surface area contributed by atoms with Crippen molar-refractivity contribution in [2.45, 2.75) is 30.6 Å². The molecular formula is C18H21N3O3S2. The van der Waals surface area contributed by atoms with E-state index in [1.807, 2.05) is 18.3 Å². The first-order chi connectivity index (χ1) is 12.5. The molecule has 0 bridgehead atoms. The number of amides is 1. The molecule has 1 amide bonds. The van der Waals surface area contributed by atoms with E-state index in [0.29, 0.717) is 19.5 Å². The van der Waals surface area contributed by atoms with Gasteiger partial charge in [-0.25, -0.2) is 13.1 Å². The normalized spacial score (nSPS) is 11.7. The number of nitrogens with one attached hydrogen (secondary N) is 2. The lowest BCUT2D eigenvalue weighted by atomic mass is 10.2. The number of aromatic nitrogens is 1. The summed E-state index contributed by atoms with van der Waals surface area (Å²) in [7, 11) is -3.52. The highest BCUT2D eigenvalue weighted by molar-refractivity contribution is 7.91. The first-order valence-corrected chi connectivity index (χ1v) is 10.6. The van der Waals surface area contributed by atoms with Crippen LogP contribution in [0.2, 0.25) is 0 Å². The maximum Gasteiger partial charge on any atom is 0.250 e. The molecule has 3 rings (SSSR count). The molecule has 0 unspecified atom stereocenters. The Balaban J connectivity index is 1.53. The lowest BCUT2D eigenvalue weighted by Gasteiger charge is -2.07. The fourth-order valence-electron chi connectivity index (χ4n) is 2.67. The van der Waals surface area contributed by atoms with Crippen molar-refractivity contribution in [3.63, 3.8) is 0 Å². The number of hydrogen-bond acceptors (Lipinski definition) is 4. The number of carbonyl (C=O) groups excluding carboxylic acids is 1. The highest BCUT2D eigenvalue weighted by Gasteiger charge is 2.16. The molecule has 26 heavy (non-hydrogen) atoms. The molecule has 0 saturated carbocycles. The average Bonchev–Trinajstić information content (AvgIpc) is 3.25. The molecule has 0 fully saturated rings. The zero-order valence-corrected chi connectivity index (χ0v) is 16.1. The SMILES string of the molecule is CC(=O)NCc1ccc(S(=O)(=O)NCCCn2ccc3ccccc32)s1. The van der Waals surface area contributed by atoms with Gasteiger partial charge in [0.05, 0.1) is 6.54 Å². The minimum atomic E-state index is -3.52. The van der Waals surface area contributed by atoms with Gasteiger partial charge < -0.3 is 9.88 Å². The summed E-state index contributed by atoms with van der Waals surface area (Å²) in [4.78, 5) is 11.7. The summed E-state index contributed by atoms with van der Waals surface area (Å²) in [6, 6.07) is 13.5. The molecule has 6 nitrogen and oxygen atoms in total. The van der Waals surface area contributed by atoms with Gasteiger partial charge in [0.1, 0.15) is 4.21 Å². The predicted octanol–water partition coefficient (Wildman–Crippen LogP) is 2.71. The molecule has 2 heterocycles. The number of aryl methyl sites for hydroxylation is 1. The Kier molecular flexibility index (Phi) is 5.75. The number of sulfonamides is 1. The highest BCUT2D eigenvalue weighted by atomic mass is 32.2. The fraction of sp³-hybridized carbons (Fsp3) is 0.278. The minimum absolute atomic E-state index is 0.140. The predicted molar refractivity (Wildman–Crippen MR) is 104 cm³/mol. The summed E-state index contributed by atoms with van der Waals surface area (Å²) in [5, 5.41) is 3.84. The van der Waals surface area contributed by atoms with Gasteiger partial charge >= 0.3 is 0 Å². The molecule has 0 aliphatic heterocycles. The van der Waals surface area contributed by atoms with Crippen molar-refractivity contribution in [2.24, 2.45) is 0 Å². The number of para-hydroxylation sites is 1. The van der Waals surface area contributed by atoms with Crippen LogP contribution in [-0.4, -0.2) is 25.4 Å². The van der Waals surface area contributed by atoms with E-state index in [9.17, 15) is 13.2 Å². The largest absolute Gasteiger partial charge is 0.351 e. The van der Waals surface area contributed by atoms with Crippen LogP contribution in [-0.2, 0) is 27.9 Å². The third kappa shape index (κ3) is 4.51. The highest BCUT2D eigenvalue weighted by Crippen LogP contribution is 2.21. The summed E-state index contributed by atoms with van der Waals surface area (Å²) in [6.07, 6.45) is 2.72. The van der Waals surface area contributed by atoms with Crippen molar-refractivity contribution in [1.82, 2.24) is 14.6 Å². The van der Waals surface area contributed by atoms with Crippen molar-refractivity contribution in [1.29, 1.82) is 0 Å². The van der Waals surface area contributed by atoms with E-state index >= 15 is 0 Å². The lowest BCUT2D eigenvalue weighted by Crippen LogP contribution is -2.24. The van der Waals surface area contributed by atoms with Crippen molar-refractivity contribution >= 4 is 38.2 Å². The van der Waals surface area contributed by atoms with E-state index < -0.39 is 10.0 Å². The number of nitrogens with zero attached hydrogens (tertiary/aromatic N) is 1. The van der Waals surface area contributed by atoms with Crippen LogP contribution >= 0.6 is 11.3 Å². The third-order valence-electron chi connectivity index (χ3n) is 3.96. The zero-order chi connectivity index (χ0) is 18.6. The molecule has 0 radical (unpaired) electrons. The number of carbonyl (C=O) groups is 1. The van der Waals surface area contributed by atoms with Gasteiger partial charge in [-0.05, 0) is 36.1 Å². The Labute approximate surface area is 156 Å². The van der Waals surface area contributed by atoms with Crippen LogP contribution in [0.15, 0.2) is 52.9 Å². The molecule has 0 aliphatic carbocycles. The van der Waals surface area contributed by atoms with Gasteiger partial charge in [-0.1, -0.05) is 18.2 Å². The van der Waals surface area contributed by atoms with Gasteiger partial charge in [0.25, 0.3) is 0 Å². The fourth-order valence-corrected chi connectivity index (χ4v) is 5.09. The van der Waals surface area contributed by atoms with Gasteiger partial charge in [-0.2, -0.15) is 0 Å². The van der Waals surface area contributed by atoms with E-state index in [-0.39, 0.29) is 10.1 Å². The van der Waals surface area contributed by atoms with Crippen LogP contribution in [0.25, 0.3) is 10.9 Å². The van der Waals surface area contributed by atoms with Gasteiger partial charge in [0, 0.05) is 36.6 Å². The number of thiophene rings is 1. The van der Waals surface area contributed by atoms with Crippen molar-refractivity contribution < 1.29 is 13.2 Å². The third-order valence-corrected chi connectivity index (χ3v) is 7.00. The van der Waals surface area contributed by atoms with Crippen molar-refractivity contribution in [3.8, 4) is 0 Å². The summed E-state index contributed by atoms with van der Waals surface area (Å²) in [6.45, 7) is 2.89. The van der Waals surface area contributed by atoms with Crippen LogP contribution in [0, 0.1) is 0 Å². The number of rotatable bonds is 8. The second-order valence-electron chi connectivity index (χ2n) is 5.95. The first kappa shape index (κ1) is 18.6. The van der Waals surface area contributed by atoms with E-state index in [0.717, 1.165) is 16.9 Å². The molecule has 0 atom stereocenters. The summed E-state index contributed by atoms with van der Waals surface area (Å²) in [5.41, 5.74) is 1.15. The maximum absolute atomic E-state index is 12.4. The van der Waals surface area contributed by atoms with Crippen molar-refractivity contribution in [3.05, 3.63) is 53.5 Å². The molecule has 0 saturated heterocycles. The van der Waals surface area contributed by atoms with Crippen LogP contribution in [0.1, 0.15) is 18.2 Å². The molecule has 3 aromatic rings. The lowest BCUT2D eigenvalue weighted by molar-refractivity contribution is -0.119. The smallest absolute Gasteiger partial charge is 0.250 e. The maximum atomic E-state index is 12.4. The van der Waals surface area contributed by atoms with Gasteiger partial charge in [-0.3, -0.25) is 4.79 Å². The molecule has 2 aromatic heterocycles. The average molecular weight is 392 g/mol. The molecule has 1 aromatic carbocycles. The Morgan fingerprint density at radius 2 is 1.96 bits per heavy atom. The Hall–Kier alpha value is -2.16. The first-order valence-electron chi connectivity index (χ1n) is 8.32. The number of hydrogen-bond donors (Lipinski definition) is 2. The zero-order valence-electron chi connectivity index (χ0n) is 14.4. The van der Waals surface area contributed by atoms with Crippen LogP contribution in [0.5, 0.6) is 0 Å². The summed E-state index contributed by atoms with van der Waals surface area (Å²) in [5.74, 6) is -0.140. The monoisotopic (exact) mass is 391 g/mol. The summed E-state index contributed by atoms with van der Waals surface area (Å²) < 4.78 is 29.8. The topological polar surface area (TPSA) is 80.2 Å². The second kappa shape index (κ2) is 8.03. The molecule has 138 valence electrons. The molecule has 0 aliphatic rings. The second-order valence-corrected chi connectivity index (χ2v) is 9.11. The van der Waals surface area contributed by atoms with E-state index in [2.05, 4.69) is 32.8 Å². The number of benzene rings is 1. The van der Waals surface area contributed by atoms with E-state index in [4.69, 9.17) is 0 Å². The van der Waals surface area contributed by atoms with Crippen LogP contribution in [0.3, 0.4) is 0 Å². The molecule has 2 N–H and O–H groups in total. The van der Waals surface area contributed by atoms with Crippen LogP contribution in [0.4, 0.5) is 0 Å². The van der Waals surface area contributed by atoms with Crippen molar-refractivity contribution in [2.75, 3.05) is 6.54 Å².